The van der Waals surface area contributed by atoms with Gasteiger partial charge in [0.1, 0.15) is 0 Å². The van der Waals surface area contributed by atoms with Crippen LogP contribution in [-0.4, -0.2) is 55.5 Å². The molecule has 0 saturated carbocycles. The molecule has 5 heteroatoms. The third-order valence-electron chi connectivity index (χ3n) is 4.07. The first-order valence-corrected chi connectivity index (χ1v) is 7.36. The van der Waals surface area contributed by atoms with Crippen LogP contribution in [0.4, 0.5) is 0 Å². The van der Waals surface area contributed by atoms with Crippen molar-refractivity contribution in [3.05, 3.63) is 48.2 Å². The van der Waals surface area contributed by atoms with E-state index < -0.39 is 0 Å². The lowest BCUT2D eigenvalue weighted by molar-refractivity contribution is -0.124. The SMILES string of the molecule is C=CC(=O)N(C)CCN(C)CC1=CNC2C=CC(C#N)=CC12. The van der Waals surface area contributed by atoms with Gasteiger partial charge in [-0.25, -0.2) is 0 Å². The molecule has 2 rings (SSSR count). The molecule has 0 spiro atoms. The van der Waals surface area contributed by atoms with E-state index in [1.54, 1.807) is 11.9 Å². The molecule has 1 aliphatic carbocycles. The zero-order valence-corrected chi connectivity index (χ0v) is 13.1. The molecule has 0 bridgehead atoms. The van der Waals surface area contributed by atoms with Gasteiger partial charge in [0, 0.05) is 38.2 Å². The van der Waals surface area contributed by atoms with E-state index in [4.69, 9.17) is 5.26 Å². The van der Waals surface area contributed by atoms with Crippen LogP contribution >= 0.6 is 0 Å². The van der Waals surface area contributed by atoms with Gasteiger partial charge in [-0.15, -0.1) is 0 Å². The molecule has 1 amide bonds. The summed E-state index contributed by atoms with van der Waals surface area (Å²) in [7, 11) is 3.81. The maximum absolute atomic E-state index is 11.4. The number of hydrogen-bond donors (Lipinski definition) is 1. The number of carbonyl (C=O) groups is 1. The molecule has 2 atom stereocenters. The highest BCUT2D eigenvalue weighted by atomic mass is 16.2. The van der Waals surface area contributed by atoms with Crippen molar-refractivity contribution in [1.29, 1.82) is 5.26 Å². The lowest BCUT2D eigenvalue weighted by Gasteiger charge is -2.25. The first-order valence-electron chi connectivity index (χ1n) is 7.36. The van der Waals surface area contributed by atoms with E-state index in [0.29, 0.717) is 6.54 Å². The minimum Gasteiger partial charge on any atom is -0.384 e. The number of nitriles is 1. The highest BCUT2D eigenvalue weighted by Gasteiger charge is 2.28. The number of rotatable bonds is 6. The van der Waals surface area contributed by atoms with Crippen LogP contribution in [0.25, 0.3) is 0 Å². The molecule has 1 aliphatic heterocycles. The van der Waals surface area contributed by atoms with Gasteiger partial charge in [-0.2, -0.15) is 5.26 Å². The Morgan fingerprint density at radius 3 is 2.95 bits per heavy atom. The molecule has 0 radical (unpaired) electrons. The third kappa shape index (κ3) is 3.66. The van der Waals surface area contributed by atoms with Crippen molar-refractivity contribution in [2.75, 3.05) is 33.7 Å². The highest BCUT2D eigenvalue weighted by molar-refractivity contribution is 5.86. The van der Waals surface area contributed by atoms with Crippen molar-refractivity contribution in [3.8, 4) is 6.07 Å². The van der Waals surface area contributed by atoms with Crippen molar-refractivity contribution in [2.45, 2.75) is 6.04 Å². The fraction of sp³-hybridized carbons (Fsp3) is 0.412. The van der Waals surface area contributed by atoms with Gasteiger partial charge in [0.2, 0.25) is 5.91 Å². The first kappa shape index (κ1) is 16.1. The summed E-state index contributed by atoms with van der Waals surface area (Å²) in [5.74, 6) is 0.184. The maximum atomic E-state index is 11.4. The number of hydrogen-bond acceptors (Lipinski definition) is 4. The molecular formula is C17H22N4O. The Kier molecular flexibility index (Phi) is 5.18. The summed E-state index contributed by atoms with van der Waals surface area (Å²) in [6, 6.07) is 2.46. The topological polar surface area (TPSA) is 59.4 Å². The normalized spacial score (nSPS) is 22.3. The van der Waals surface area contributed by atoms with Crippen molar-refractivity contribution >= 4 is 5.91 Å². The Balaban J connectivity index is 1.87. The molecule has 0 aromatic rings. The summed E-state index contributed by atoms with van der Waals surface area (Å²) in [5.41, 5.74) is 1.98. The van der Waals surface area contributed by atoms with Crippen LogP contribution in [-0.2, 0) is 4.79 Å². The van der Waals surface area contributed by atoms with Gasteiger partial charge in [0.15, 0.2) is 0 Å². The smallest absolute Gasteiger partial charge is 0.245 e. The molecule has 5 nitrogen and oxygen atoms in total. The summed E-state index contributed by atoms with van der Waals surface area (Å²) in [5, 5.41) is 12.4. The molecule has 1 heterocycles. The second kappa shape index (κ2) is 7.10. The van der Waals surface area contributed by atoms with E-state index >= 15 is 0 Å². The summed E-state index contributed by atoms with van der Waals surface area (Å²) in [4.78, 5) is 15.3. The van der Waals surface area contributed by atoms with Gasteiger partial charge in [0.05, 0.1) is 12.1 Å². The molecule has 0 aromatic heterocycles. The van der Waals surface area contributed by atoms with E-state index in [1.165, 1.54) is 11.6 Å². The zero-order chi connectivity index (χ0) is 16.1. The van der Waals surface area contributed by atoms with Crippen LogP contribution in [0.5, 0.6) is 0 Å². The van der Waals surface area contributed by atoms with Crippen molar-refractivity contribution in [1.82, 2.24) is 15.1 Å². The highest BCUT2D eigenvalue weighted by Crippen LogP contribution is 2.28. The number of amides is 1. The van der Waals surface area contributed by atoms with Gasteiger partial charge in [-0.1, -0.05) is 18.7 Å². The van der Waals surface area contributed by atoms with E-state index in [1.807, 2.05) is 31.5 Å². The van der Waals surface area contributed by atoms with Crippen LogP contribution in [0, 0.1) is 17.2 Å². The Labute approximate surface area is 131 Å². The van der Waals surface area contributed by atoms with E-state index in [0.717, 1.165) is 18.7 Å². The van der Waals surface area contributed by atoms with E-state index in [-0.39, 0.29) is 17.9 Å². The predicted molar refractivity (Wildman–Crippen MR) is 86.7 cm³/mol. The largest absolute Gasteiger partial charge is 0.384 e. The molecule has 116 valence electrons. The van der Waals surface area contributed by atoms with Crippen molar-refractivity contribution in [2.24, 2.45) is 5.92 Å². The van der Waals surface area contributed by atoms with Gasteiger partial charge in [-0.3, -0.25) is 4.79 Å². The second-order valence-electron chi connectivity index (χ2n) is 5.73. The average Bonchev–Trinajstić information content (AvgIpc) is 2.93. The monoisotopic (exact) mass is 298 g/mol. The Hall–Kier alpha value is -2.32. The number of allylic oxidation sites excluding steroid dienone is 2. The minimum absolute atomic E-state index is 0.0609. The molecule has 2 aliphatic rings. The molecule has 2 unspecified atom stereocenters. The number of carbonyl (C=O) groups excluding carboxylic acids is 1. The Morgan fingerprint density at radius 2 is 2.27 bits per heavy atom. The summed E-state index contributed by atoms with van der Waals surface area (Å²) in [6.45, 7) is 5.75. The average molecular weight is 298 g/mol. The Morgan fingerprint density at radius 1 is 1.50 bits per heavy atom. The summed E-state index contributed by atoms with van der Waals surface area (Å²) in [6.07, 6.45) is 9.31. The number of nitrogens with one attached hydrogen (secondary N) is 1. The fourth-order valence-electron chi connectivity index (χ4n) is 2.68. The Bertz CT molecular complexity index is 582. The number of likely N-dealkylation sites (N-methyl/N-ethyl adjacent to an activating group) is 2. The quantitative estimate of drug-likeness (QED) is 0.745. The van der Waals surface area contributed by atoms with Crippen molar-refractivity contribution in [3.63, 3.8) is 0 Å². The van der Waals surface area contributed by atoms with E-state index in [9.17, 15) is 4.79 Å². The molecule has 0 aromatic carbocycles. The molecule has 0 fully saturated rings. The van der Waals surface area contributed by atoms with Gasteiger partial charge < -0.3 is 15.1 Å². The van der Waals surface area contributed by atoms with Gasteiger partial charge in [-0.05, 0) is 31.0 Å². The standard InChI is InChI=1S/C17H22N4O/c1-4-17(22)21(3)8-7-20(2)12-14-11-19-16-6-5-13(10-18)9-15(14)16/h4-6,9,11,15-16,19H,1,7-8,12H2,2-3H3. The third-order valence-corrected chi connectivity index (χ3v) is 4.07. The number of nitrogens with zero attached hydrogens (tertiary/aromatic N) is 3. The second-order valence-corrected chi connectivity index (χ2v) is 5.73. The lowest BCUT2D eigenvalue weighted by Crippen LogP contribution is -2.35. The van der Waals surface area contributed by atoms with Crippen molar-refractivity contribution < 1.29 is 4.79 Å². The van der Waals surface area contributed by atoms with Crippen LogP contribution < -0.4 is 5.32 Å². The van der Waals surface area contributed by atoms with Crippen LogP contribution in [0.2, 0.25) is 0 Å². The minimum atomic E-state index is -0.0609. The molecule has 0 saturated heterocycles. The summed E-state index contributed by atoms with van der Waals surface area (Å²) < 4.78 is 0. The van der Waals surface area contributed by atoms with Crippen LogP contribution in [0.15, 0.2) is 48.2 Å². The van der Waals surface area contributed by atoms with Crippen LogP contribution in [0.1, 0.15) is 0 Å². The predicted octanol–water partition coefficient (Wildman–Crippen LogP) is 1.05. The van der Waals surface area contributed by atoms with E-state index in [2.05, 4.69) is 22.9 Å². The van der Waals surface area contributed by atoms with Crippen LogP contribution in [0.3, 0.4) is 0 Å². The summed E-state index contributed by atoms with van der Waals surface area (Å²) >= 11 is 0. The first-order chi connectivity index (χ1) is 10.5. The zero-order valence-electron chi connectivity index (χ0n) is 13.1. The molecule has 22 heavy (non-hydrogen) atoms. The van der Waals surface area contributed by atoms with Gasteiger partial charge in [0.25, 0.3) is 0 Å². The number of fused-ring (bicyclic) bond motifs is 1. The molecular weight excluding hydrogens is 276 g/mol. The van der Waals surface area contributed by atoms with Gasteiger partial charge >= 0.3 is 0 Å². The maximum Gasteiger partial charge on any atom is 0.245 e. The fourth-order valence-corrected chi connectivity index (χ4v) is 2.68. The lowest BCUT2D eigenvalue weighted by atomic mass is 9.88. The molecule has 1 N–H and O–H groups in total.